The SMILES string of the molecule is COCCN1C(=O)c2[nH]nc(-c3cc(Cl)ccc3O)c2C1c1ccc(OC)c(OC)c1. The van der Waals surface area contributed by atoms with Crippen molar-refractivity contribution in [1.82, 2.24) is 15.1 Å². The van der Waals surface area contributed by atoms with Crippen molar-refractivity contribution in [2.45, 2.75) is 6.04 Å². The number of halogens is 1. The second-order valence-electron chi connectivity index (χ2n) is 7.03. The Morgan fingerprint density at radius 2 is 1.90 bits per heavy atom. The number of phenols is 1. The molecule has 31 heavy (non-hydrogen) atoms. The Balaban J connectivity index is 1.90. The van der Waals surface area contributed by atoms with E-state index in [1.165, 1.54) is 6.07 Å². The number of fused-ring (bicyclic) bond motifs is 1. The molecule has 0 aliphatic carbocycles. The molecule has 0 saturated carbocycles. The van der Waals surface area contributed by atoms with E-state index in [4.69, 9.17) is 25.8 Å². The Kier molecular flexibility index (Phi) is 5.75. The number of aromatic nitrogens is 2. The minimum Gasteiger partial charge on any atom is -0.507 e. The lowest BCUT2D eigenvalue weighted by Gasteiger charge is -2.26. The molecule has 0 fully saturated rings. The molecule has 9 heteroatoms. The fourth-order valence-electron chi connectivity index (χ4n) is 3.89. The molecule has 1 aliphatic rings. The highest BCUT2D eigenvalue weighted by Gasteiger charge is 2.42. The molecule has 0 radical (unpaired) electrons. The number of benzene rings is 2. The average molecular weight is 444 g/mol. The van der Waals surface area contributed by atoms with Crippen molar-refractivity contribution >= 4 is 17.5 Å². The van der Waals surface area contributed by atoms with Gasteiger partial charge in [0.15, 0.2) is 11.5 Å². The van der Waals surface area contributed by atoms with Crippen LogP contribution in [0.4, 0.5) is 0 Å². The van der Waals surface area contributed by atoms with E-state index in [1.54, 1.807) is 44.4 Å². The van der Waals surface area contributed by atoms with E-state index in [1.807, 2.05) is 12.1 Å². The fourth-order valence-corrected chi connectivity index (χ4v) is 4.06. The van der Waals surface area contributed by atoms with Gasteiger partial charge in [-0.15, -0.1) is 0 Å². The summed E-state index contributed by atoms with van der Waals surface area (Å²) in [6.07, 6.45) is 0. The number of carbonyl (C=O) groups excluding carboxylic acids is 1. The number of aromatic amines is 1. The molecule has 1 aliphatic heterocycles. The summed E-state index contributed by atoms with van der Waals surface area (Å²) in [6.45, 7) is 0.739. The van der Waals surface area contributed by atoms with Crippen LogP contribution in [-0.2, 0) is 4.74 Å². The molecule has 162 valence electrons. The predicted octanol–water partition coefficient (Wildman–Crippen LogP) is 3.64. The van der Waals surface area contributed by atoms with Gasteiger partial charge in [-0.05, 0) is 35.9 Å². The standard InChI is InChI=1S/C22H22ClN3O5/c1-29-9-8-26-21(12-4-7-16(30-2)17(10-12)31-3)18-19(24-25-20(18)22(26)28)14-11-13(23)5-6-15(14)27/h4-7,10-11,21,27H,8-9H2,1-3H3,(H,24,25). The molecular weight excluding hydrogens is 422 g/mol. The monoisotopic (exact) mass is 443 g/mol. The summed E-state index contributed by atoms with van der Waals surface area (Å²) < 4.78 is 16.0. The van der Waals surface area contributed by atoms with Crippen molar-refractivity contribution in [1.29, 1.82) is 0 Å². The van der Waals surface area contributed by atoms with Gasteiger partial charge in [0.25, 0.3) is 5.91 Å². The van der Waals surface area contributed by atoms with Gasteiger partial charge in [-0.2, -0.15) is 5.10 Å². The lowest BCUT2D eigenvalue weighted by molar-refractivity contribution is 0.0677. The number of ether oxygens (including phenoxy) is 3. The first-order valence-corrected chi connectivity index (χ1v) is 9.97. The number of hydrogen-bond donors (Lipinski definition) is 2. The molecule has 1 amide bonds. The summed E-state index contributed by atoms with van der Waals surface area (Å²) in [6, 6.07) is 9.76. The van der Waals surface area contributed by atoms with E-state index >= 15 is 0 Å². The first kappa shape index (κ1) is 21.0. The number of phenolic OH excluding ortho intramolecular Hbond substituents is 1. The topological polar surface area (TPSA) is 96.9 Å². The van der Waals surface area contributed by atoms with E-state index in [-0.39, 0.29) is 11.7 Å². The fraction of sp³-hybridized carbons (Fsp3) is 0.273. The molecule has 1 atom stereocenters. The van der Waals surface area contributed by atoms with Gasteiger partial charge in [-0.3, -0.25) is 9.89 Å². The van der Waals surface area contributed by atoms with Crippen LogP contribution >= 0.6 is 11.6 Å². The van der Waals surface area contributed by atoms with Crippen molar-refractivity contribution in [3.8, 4) is 28.5 Å². The molecule has 0 bridgehead atoms. The smallest absolute Gasteiger partial charge is 0.273 e. The summed E-state index contributed by atoms with van der Waals surface area (Å²) >= 11 is 6.16. The van der Waals surface area contributed by atoms with Gasteiger partial charge in [-0.1, -0.05) is 17.7 Å². The molecular formula is C22H22ClN3O5. The third kappa shape index (κ3) is 3.58. The number of hydrogen-bond acceptors (Lipinski definition) is 6. The Morgan fingerprint density at radius 1 is 1.13 bits per heavy atom. The minimum absolute atomic E-state index is 0.0209. The summed E-state index contributed by atoms with van der Waals surface area (Å²) in [5, 5.41) is 18.1. The van der Waals surface area contributed by atoms with Crippen molar-refractivity contribution in [2.24, 2.45) is 0 Å². The Labute approximate surface area is 184 Å². The molecule has 1 unspecified atom stereocenters. The summed E-state index contributed by atoms with van der Waals surface area (Å²) in [5.74, 6) is 0.946. The number of methoxy groups -OCH3 is 3. The summed E-state index contributed by atoms with van der Waals surface area (Å²) in [5.41, 5.74) is 2.74. The Bertz CT molecular complexity index is 1130. The van der Waals surface area contributed by atoms with E-state index in [9.17, 15) is 9.90 Å². The molecule has 2 heterocycles. The van der Waals surface area contributed by atoms with Crippen molar-refractivity contribution in [3.63, 3.8) is 0 Å². The average Bonchev–Trinajstić information content (AvgIpc) is 3.32. The van der Waals surface area contributed by atoms with Crippen molar-refractivity contribution in [2.75, 3.05) is 34.5 Å². The van der Waals surface area contributed by atoms with E-state index in [2.05, 4.69) is 10.2 Å². The number of carbonyl (C=O) groups is 1. The molecule has 2 aromatic carbocycles. The lowest BCUT2D eigenvalue weighted by atomic mass is 9.95. The number of H-pyrrole nitrogens is 1. The second-order valence-corrected chi connectivity index (χ2v) is 7.47. The largest absolute Gasteiger partial charge is 0.507 e. The summed E-state index contributed by atoms with van der Waals surface area (Å²) in [4.78, 5) is 14.9. The summed E-state index contributed by atoms with van der Waals surface area (Å²) in [7, 11) is 4.71. The van der Waals surface area contributed by atoms with Crippen LogP contribution in [0.2, 0.25) is 5.02 Å². The predicted molar refractivity (Wildman–Crippen MR) is 115 cm³/mol. The van der Waals surface area contributed by atoms with Crippen molar-refractivity contribution in [3.05, 3.63) is 58.2 Å². The zero-order valence-electron chi connectivity index (χ0n) is 17.3. The van der Waals surface area contributed by atoms with E-state index in [0.717, 1.165) is 5.56 Å². The van der Waals surface area contributed by atoms with Crippen LogP contribution in [0, 0.1) is 0 Å². The van der Waals surface area contributed by atoms with Gasteiger partial charge in [0.05, 0.1) is 26.9 Å². The van der Waals surface area contributed by atoms with Gasteiger partial charge < -0.3 is 24.2 Å². The lowest BCUT2D eigenvalue weighted by Crippen LogP contribution is -2.32. The normalized spacial score (nSPS) is 15.3. The number of rotatable bonds is 7. The highest BCUT2D eigenvalue weighted by atomic mass is 35.5. The molecule has 0 saturated heterocycles. The number of amides is 1. The van der Waals surface area contributed by atoms with Crippen LogP contribution in [0.5, 0.6) is 17.2 Å². The maximum atomic E-state index is 13.2. The highest BCUT2D eigenvalue weighted by molar-refractivity contribution is 6.31. The van der Waals surface area contributed by atoms with Gasteiger partial charge in [0.2, 0.25) is 0 Å². The van der Waals surface area contributed by atoms with E-state index < -0.39 is 6.04 Å². The quantitative estimate of drug-likeness (QED) is 0.578. The molecule has 3 aromatic rings. The molecule has 4 rings (SSSR count). The van der Waals surface area contributed by atoms with Crippen LogP contribution in [0.1, 0.15) is 27.7 Å². The Morgan fingerprint density at radius 3 is 2.61 bits per heavy atom. The molecule has 1 aromatic heterocycles. The van der Waals surface area contributed by atoms with Crippen LogP contribution in [-0.4, -0.2) is 60.6 Å². The zero-order chi connectivity index (χ0) is 22.1. The van der Waals surface area contributed by atoms with Gasteiger partial charge in [0, 0.05) is 29.8 Å². The minimum atomic E-state index is -0.468. The first-order chi connectivity index (χ1) is 15.0. The van der Waals surface area contributed by atoms with Crippen LogP contribution < -0.4 is 9.47 Å². The van der Waals surface area contributed by atoms with Gasteiger partial charge in [0.1, 0.15) is 17.1 Å². The maximum Gasteiger partial charge on any atom is 0.273 e. The third-order valence-electron chi connectivity index (χ3n) is 5.34. The zero-order valence-corrected chi connectivity index (χ0v) is 18.1. The van der Waals surface area contributed by atoms with Crippen molar-refractivity contribution < 1.29 is 24.1 Å². The third-order valence-corrected chi connectivity index (χ3v) is 5.57. The number of aromatic hydroxyl groups is 1. The van der Waals surface area contributed by atoms with E-state index in [0.29, 0.717) is 52.2 Å². The number of nitrogens with zero attached hydrogens (tertiary/aromatic N) is 2. The number of nitrogens with one attached hydrogen (secondary N) is 1. The van der Waals surface area contributed by atoms with Crippen LogP contribution in [0.25, 0.3) is 11.3 Å². The van der Waals surface area contributed by atoms with Crippen LogP contribution in [0.15, 0.2) is 36.4 Å². The van der Waals surface area contributed by atoms with Gasteiger partial charge >= 0.3 is 0 Å². The molecule has 2 N–H and O–H groups in total. The first-order valence-electron chi connectivity index (χ1n) is 9.59. The molecule has 8 nitrogen and oxygen atoms in total. The van der Waals surface area contributed by atoms with Gasteiger partial charge in [-0.25, -0.2) is 0 Å². The Hall–Kier alpha value is -3.23. The highest BCUT2D eigenvalue weighted by Crippen LogP contribution is 2.46. The van der Waals surface area contributed by atoms with Crippen LogP contribution in [0.3, 0.4) is 0 Å². The molecule has 0 spiro atoms. The maximum absolute atomic E-state index is 13.2. The second kappa shape index (κ2) is 8.49.